The smallest absolute Gasteiger partial charge is 0.354 e. The van der Waals surface area contributed by atoms with Gasteiger partial charge in [0.25, 0.3) is 0 Å². The highest BCUT2D eigenvalue weighted by Crippen LogP contribution is 2.34. The standard InChI is InChI=1S/C24H27NO5/c1-3-28-24(26)21-13-18-12-20(30-19-6-4-16(2)5-7-19)14-22(23(18)25-21)29-15-17-8-10-27-11-9-17/h4-7,12-14,17,25H,3,8-11,15H2,1-2H3. The minimum absolute atomic E-state index is 0.323. The number of H-pyrrole nitrogens is 1. The van der Waals surface area contributed by atoms with E-state index < -0.39 is 0 Å². The minimum Gasteiger partial charge on any atom is -0.491 e. The number of carbonyl (C=O) groups is 1. The number of hydrogen-bond donors (Lipinski definition) is 1. The molecule has 1 aliphatic rings. The number of aryl methyl sites for hydroxylation is 1. The first-order valence-electron chi connectivity index (χ1n) is 10.4. The van der Waals surface area contributed by atoms with Crippen LogP contribution in [0.3, 0.4) is 0 Å². The minimum atomic E-state index is -0.384. The van der Waals surface area contributed by atoms with E-state index in [2.05, 4.69) is 4.98 Å². The Morgan fingerprint density at radius 1 is 1.10 bits per heavy atom. The summed E-state index contributed by atoms with van der Waals surface area (Å²) in [5, 5.41) is 0.838. The number of rotatable bonds is 7. The quantitative estimate of drug-likeness (QED) is 0.540. The molecule has 2 aromatic carbocycles. The molecule has 158 valence electrons. The average Bonchev–Trinajstić information content (AvgIpc) is 3.19. The number of benzene rings is 2. The predicted octanol–water partition coefficient (Wildman–Crippen LogP) is 5.25. The molecule has 1 saturated heterocycles. The Hall–Kier alpha value is -2.99. The molecule has 30 heavy (non-hydrogen) atoms. The summed E-state index contributed by atoms with van der Waals surface area (Å²) in [4.78, 5) is 15.4. The molecule has 0 radical (unpaired) electrons. The van der Waals surface area contributed by atoms with Gasteiger partial charge < -0.3 is 23.9 Å². The summed E-state index contributed by atoms with van der Waals surface area (Å²) in [5.74, 6) is 2.14. The van der Waals surface area contributed by atoms with Crippen molar-refractivity contribution in [3.8, 4) is 17.2 Å². The average molecular weight is 409 g/mol. The lowest BCUT2D eigenvalue weighted by atomic mass is 10.0. The number of ether oxygens (including phenoxy) is 4. The first kappa shape index (κ1) is 20.3. The van der Waals surface area contributed by atoms with Crippen LogP contribution in [0.5, 0.6) is 17.2 Å². The lowest BCUT2D eigenvalue weighted by Gasteiger charge is -2.22. The molecule has 0 spiro atoms. The van der Waals surface area contributed by atoms with Gasteiger partial charge in [-0.25, -0.2) is 4.79 Å². The zero-order valence-corrected chi connectivity index (χ0v) is 17.4. The van der Waals surface area contributed by atoms with Crippen LogP contribution in [0.4, 0.5) is 0 Å². The third kappa shape index (κ3) is 4.76. The van der Waals surface area contributed by atoms with Gasteiger partial charge in [-0.2, -0.15) is 0 Å². The highest BCUT2D eigenvalue weighted by Gasteiger charge is 2.18. The van der Waals surface area contributed by atoms with Crippen molar-refractivity contribution in [2.75, 3.05) is 26.4 Å². The topological polar surface area (TPSA) is 69.8 Å². The number of aromatic nitrogens is 1. The molecule has 0 aliphatic carbocycles. The third-order valence-corrected chi connectivity index (χ3v) is 5.23. The van der Waals surface area contributed by atoms with Gasteiger partial charge in [0.1, 0.15) is 22.9 Å². The van der Waals surface area contributed by atoms with Gasteiger partial charge in [0.2, 0.25) is 0 Å². The molecule has 3 aromatic rings. The van der Waals surface area contributed by atoms with Crippen LogP contribution in [0.25, 0.3) is 10.9 Å². The largest absolute Gasteiger partial charge is 0.491 e. The summed E-state index contributed by atoms with van der Waals surface area (Å²) in [6.07, 6.45) is 1.98. The second-order valence-electron chi connectivity index (χ2n) is 7.57. The molecule has 1 fully saturated rings. The van der Waals surface area contributed by atoms with E-state index in [1.807, 2.05) is 43.3 Å². The molecular formula is C24H27NO5. The first-order valence-corrected chi connectivity index (χ1v) is 10.4. The highest BCUT2D eigenvalue weighted by atomic mass is 16.5. The number of hydrogen-bond acceptors (Lipinski definition) is 5. The zero-order chi connectivity index (χ0) is 20.9. The maximum Gasteiger partial charge on any atom is 0.354 e. The van der Waals surface area contributed by atoms with Crippen molar-refractivity contribution in [3.05, 3.63) is 53.7 Å². The summed E-state index contributed by atoms with van der Waals surface area (Å²) < 4.78 is 22.8. The number of fused-ring (bicyclic) bond motifs is 1. The van der Waals surface area contributed by atoms with E-state index in [4.69, 9.17) is 18.9 Å². The van der Waals surface area contributed by atoms with Gasteiger partial charge in [0.05, 0.1) is 18.7 Å². The second-order valence-corrected chi connectivity index (χ2v) is 7.57. The number of carbonyl (C=O) groups excluding carboxylic acids is 1. The van der Waals surface area contributed by atoms with E-state index in [1.165, 1.54) is 5.56 Å². The van der Waals surface area contributed by atoms with Crippen molar-refractivity contribution in [1.29, 1.82) is 0 Å². The van der Waals surface area contributed by atoms with Gasteiger partial charge in [-0.15, -0.1) is 0 Å². The molecule has 0 unspecified atom stereocenters. The van der Waals surface area contributed by atoms with Crippen LogP contribution < -0.4 is 9.47 Å². The first-order chi connectivity index (χ1) is 14.6. The fourth-order valence-electron chi connectivity index (χ4n) is 3.54. The Balaban J connectivity index is 1.63. The van der Waals surface area contributed by atoms with E-state index >= 15 is 0 Å². The van der Waals surface area contributed by atoms with Crippen LogP contribution >= 0.6 is 0 Å². The van der Waals surface area contributed by atoms with Crippen molar-refractivity contribution in [2.45, 2.75) is 26.7 Å². The van der Waals surface area contributed by atoms with Crippen LogP contribution in [0.2, 0.25) is 0 Å². The molecule has 0 saturated carbocycles. The van der Waals surface area contributed by atoms with Crippen LogP contribution in [-0.2, 0) is 9.47 Å². The summed E-state index contributed by atoms with van der Waals surface area (Å²) in [5.41, 5.74) is 2.33. The molecule has 1 aromatic heterocycles. The van der Waals surface area contributed by atoms with E-state index in [9.17, 15) is 4.79 Å². The molecule has 1 aliphatic heterocycles. The van der Waals surface area contributed by atoms with Crippen LogP contribution in [0.1, 0.15) is 35.8 Å². The maximum atomic E-state index is 12.2. The molecule has 0 atom stereocenters. The van der Waals surface area contributed by atoms with E-state index in [0.717, 1.165) is 42.7 Å². The van der Waals surface area contributed by atoms with Crippen LogP contribution in [0, 0.1) is 12.8 Å². The molecule has 0 amide bonds. The Labute approximate surface area is 176 Å². The molecule has 1 N–H and O–H groups in total. The van der Waals surface area contributed by atoms with Gasteiger partial charge in [-0.1, -0.05) is 17.7 Å². The number of aromatic amines is 1. The van der Waals surface area contributed by atoms with E-state index in [-0.39, 0.29) is 5.97 Å². The zero-order valence-electron chi connectivity index (χ0n) is 17.4. The molecular weight excluding hydrogens is 382 g/mol. The van der Waals surface area contributed by atoms with Gasteiger partial charge in [0.15, 0.2) is 0 Å². The Morgan fingerprint density at radius 2 is 1.87 bits per heavy atom. The van der Waals surface area contributed by atoms with E-state index in [0.29, 0.717) is 36.3 Å². The van der Waals surface area contributed by atoms with Crippen molar-refractivity contribution >= 4 is 16.9 Å². The SMILES string of the molecule is CCOC(=O)c1cc2cc(Oc3ccc(C)cc3)cc(OCC3CCOCC3)c2[nH]1. The summed E-state index contributed by atoms with van der Waals surface area (Å²) in [6.45, 7) is 6.29. The maximum absolute atomic E-state index is 12.2. The number of nitrogens with one attached hydrogen (secondary N) is 1. The summed E-state index contributed by atoms with van der Waals surface area (Å²) >= 11 is 0. The highest BCUT2D eigenvalue weighted by molar-refractivity contribution is 5.97. The Kier molecular flexibility index (Phi) is 6.23. The van der Waals surface area contributed by atoms with Crippen molar-refractivity contribution < 1.29 is 23.7 Å². The fourth-order valence-corrected chi connectivity index (χ4v) is 3.54. The fraction of sp³-hybridized carbons (Fsp3) is 0.375. The van der Waals surface area contributed by atoms with Gasteiger partial charge in [-0.05, 0) is 56.9 Å². The van der Waals surface area contributed by atoms with Gasteiger partial charge in [0, 0.05) is 24.7 Å². The van der Waals surface area contributed by atoms with Gasteiger partial charge >= 0.3 is 5.97 Å². The molecule has 6 nitrogen and oxygen atoms in total. The molecule has 0 bridgehead atoms. The second kappa shape index (κ2) is 9.22. The normalized spacial score (nSPS) is 14.6. The monoisotopic (exact) mass is 409 g/mol. The van der Waals surface area contributed by atoms with Gasteiger partial charge in [-0.3, -0.25) is 0 Å². The van der Waals surface area contributed by atoms with E-state index in [1.54, 1.807) is 13.0 Å². The van der Waals surface area contributed by atoms with Crippen LogP contribution in [-0.4, -0.2) is 37.4 Å². The van der Waals surface area contributed by atoms with Crippen LogP contribution in [0.15, 0.2) is 42.5 Å². The van der Waals surface area contributed by atoms with Crippen molar-refractivity contribution in [2.24, 2.45) is 5.92 Å². The Morgan fingerprint density at radius 3 is 2.60 bits per heavy atom. The van der Waals surface area contributed by atoms with Crippen molar-refractivity contribution in [3.63, 3.8) is 0 Å². The lowest BCUT2D eigenvalue weighted by Crippen LogP contribution is -2.21. The molecule has 6 heteroatoms. The molecule has 2 heterocycles. The summed E-state index contributed by atoms with van der Waals surface area (Å²) in [7, 11) is 0. The predicted molar refractivity (Wildman–Crippen MR) is 115 cm³/mol. The van der Waals surface area contributed by atoms with Crippen molar-refractivity contribution in [1.82, 2.24) is 4.98 Å². The third-order valence-electron chi connectivity index (χ3n) is 5.23. The number of esters is 1. The lowest BCUT2D eigenvalue weighted by molar-refractivity contribution is 0.0498. The summed E-state index contributed by atoms with van der Waals surface area (Å²) in [6, 6.07) is 13.4. The molecule has 4 rings (SSSR count). The Bertz CT molecular complexity index is 1000.